The van der Waals surface area contributed by atoms with Crippen LogP contribution >= 0.6 is 0 Å². The van der Waals surface area contributed by atoms with Crippen LogP contribution in [-0.2, 0) is 11.0 Å². The van der Waals surface area contributed by atoms with E-state index in [2.05, 4.69) is 5.10 Å². The molecule has 0 aliphatic carbocycles. The monoisotopic (exact) mass is 400 g/mol. The van der Waals surface area contributed by atoms with Crippen LogP contribution in [-0.4, -0.2) is 26.5 Å². The van der Waals surface area contributed by atoms with Gasteiger partial charge in [-0.25, -0.2) is 4.68 Å². The number of aromatic nitrogens is 2. The molecule has 0 aliphatic rings. The molecule has 0 fully saturated rings. The van der Waals surface area contributed by atoms with E-state index >= 15 is 0 Å². The molecular formula is C21H15F3N2O3. The van der Waals surface area contributed by atoms with Gasteiger partial charge in [-0.1, -0.05) is 12.1 Å². The van der Waals surface area contributed by atoms with E-state index in [0.29, 0.717) is 11.3 Å². The van der Waals surface area contributed by atoms with Crippen molar-refractivity contribution >= 4 is 11.6 Å². The van der Waals surface area contributed by atoms with Crippen molar-refractivity contribution in [3.8, 4) is 22.7 Å². The Bertz CT molecular complexity index is 1100. The molecular weight excluding hydrogens is 385 g/mol. The smallest absolute Gasteiger partial charge is 0.416 e. The average Bonchev–Trinajstić information content (AvgIpc) is 3.11. The summed E-state index contributed by atoms with van der Waals surface area (Å²) in [5.74, 6) is -0.873. The fraction of sp³-hybridized carbons (Fsp3) is 0.0952. The van der Waals surface area contributed by atoms with Crippen LogP contribution in [0, 0.1) is 0 Å². The molecule has 0 saturated heterocycles. The quantitative estimate of drug-likeness (QED) is 0.502. The van der Waals surface area contributed by atoms with Crippen molar-refractivity contribution in [3.05, 3.63) is 78.0 Å². The zero-order chi connectivity index (χ0) is 21.2. The highest BCUT2D eigenvalue weighted by Gasteiger charge is 2.30. The van der Waals surface area contributed by atoms with E-state index in [9.17, 15) is 27.9 Å². The van der Waals surface area contributed by atoms with Crippen molar-refractivity contribution in [2.75, 3.05) is 0 Å². The summed E-state index contributed by atoms with van der Waals surface area (Å²) >= 11 is 0. The fourth-order valence-electron chi connectivity index (χ4n) is 2.63. The van der Waals surface area contributed by atoms with E-state index in [1.807, 2.05) is 0 Å². The minimum atomic E-state index is -4.49. The molecule has 0 aliphatic heterocycles. The molecule has 8 heteroatoms. The van der Waals surface area contributed by atoms with Gasteiger partial charge in [0, 0.05) is 5.56 Å². The van der Waals surface area contributed by atoms with Crippen LogP contribution in [0.2, 0.25) is 0 Å². The number of ketones is 2. The van der Waals surface area contributed by atoms with Crippen molar-refractivity contribution in [2.45, 2.75) is 13.1 Å². The van der Waals surface area contributed by atoms with E-state index in [1.54, 1.807) is 12.1 Å². The predicted molar refractivity (Wildman–Crippen MR) is 99.8 cm³/mol. The van der Waals surface area contributed by atoms with Gasteiger partial charge >= 0.3 is 6.18 Å². The summed E-state index contributed by atoms with van der Waals surface area (Å²) in [7, 11) is 0. The molecule has 1 N–H and O–H groups in total. The SMILES string of the molecule is CC(=O)/C=C\C(=O)c1cc(-c2cccc(O)c2)nn1-c1ccc(C(F)(F)F)cc1. The van der Waals surface area contributed by atoms with Crippen molar-refractivity contribution in [1.29, 1.82) is 0 Å². The minimum Gasteiger partial charge on any atom is -0.508 e. The second-order valence-electron chi connectivity index (χ2n) is 6.23. The molecule has 0 unspecified atom stereocenters. The molecule has 148 valence electrons. The average molecular weight is 400 g/mol. The molecule has 0 bridgehead atoms. The third-order valence-electron chi connectivity index (χ3n) is 4.01. The maximum Gasteiger partial charge on any atom is 0.416 e. The zero-order valence-electron chi connectivity index (χ0n) is 15.1. The minimum absolute atomic E-state index is 0.00377. The van der Waals surface area contributed by atoms with Crippen LogP contribution in [0.3, 0.4) is 0 Å². The Morgan fingerprint density at radius 2 is 1.72 bits per heavy atom. The number of phenolic OH excluding ortho intramolecular Hbond substituents is 1. The first-order chi connectivity index (χ1) is 13.6. The maximum absolute atomic E-state index is 12.8. The Kier molecular flexibility index (Phi) is 5.36. The summed E-state index contributed by atoms with van der Waals surface area (Å²) in [4.78, 5) is 23.7. The number of halogens is 3. The van der Waals surface area contributed by atoms with Crippen molar-refractivity contribution in [1.82, 2.24) is 9.78 Å². The van der Waals surface area contributed by atoms with Crippen molar-refractivity contribution in [2.24, 2.45) is 0 Å². The van der Waals surface area contributed by atoms with Crippen LogP contribution in [0.25, 0.3) is 16.9 Å². The van der Waals surface area contributed by atoms with E-state index < -0.39 is 17.5 Å². The van der Waals surface area contributed by atoms with Gasteiger partial charge in [0.05, 0.1) is 16.9 Å². The molecule has 1 heterocycles. The molecule has 5 nitrogen and oxygen atoms in total. The number of phenols is 1. The maximum atomic E-state index is 12.8. The van der Waals surface area contributed by atoms with Crippen LogP contribution < -0.4 is 0 Å². The summed E-state index contributed by atoms with van der Waals surface area (Å²) < 4.78 is 39.7. The fourth-order valence-corrected chi connectivity index (χ4v) is 2.63. The number of hydrogen-bond donors (Lipinski definition) is 1. The normalized spacial score (nSPS) is 11.7. The lowest BCUT2D eigenvalue weighted by Crippen LogP contribution is -2.09. The number of nitrogens with zero attached hydrogens (tertiary/aromatic N) is 2. The summed E-state index contributed by atoms with van der Waals surface area (Å²) in [5, 5.41) is 14.0. The van der Waals surface area contributed by atoms with Crippen molar-refractivity contribution in [3.63, 3.8) is 0 Å². The van der Waals surface area contributed by atoms with Gasteiger partial charge in [0.1, 0.15) is 11.4 Å². The van der Waals surface area contributed by atoms with Crippen LogP contribution in [0.1, 0.15) is 23.0 Å². The summed E-state index contributed by atoms with van der Waals surface area (Å²) in [6, 6.07) is 11.8. The highest BCUT2D eigenvalue weighted by atomic mass is 19.4. The summed E-state index contributed by atoms with van der Waals surface area (Å²) in [6.45, 7) is 1.29. The molecule has 0 saturated carbocycles. The van der Waals surface area contributed by atoms with Gasteiger partial charge in [-0.15, -0.1) is 0 Å². The summed E-state index contributed by atoms with van der Waals surface area (Å²) in [5.41, 5.74) is 0.316. The lowest BCUT2D eigenvalue weighted by molar-refractivity contribution is -0.137. The molecule has 0 amide bonds. The molecule has 3 aromatic rings. The molecule has 2 aromatic carbocycles. The Morgan fingerprint density at radius 1 is 1.03 bits per heavy atom. The first-order valence-electron chi connectivity index (χ1n) is 8.45. The predicted octanol–water partition coefficient (Wildman–Crippen LogP) is 4.59. The first kappa shape index (κ1) is 20.1. The van der Waals surface area contributed by atoms with Crippen LogP contribution in [0.15, 0.2) is 66.7 Å². The third-order valence-corrected chi connectivity index (χ3v) is 4.01. The second-order valence-corrected chi connectivity index (χ2v) is 6.23. The Labute approximate surface area is 163 Å². The van der Waals surface area contributed by atoms with Crippen LogP contribution in [0.5, 0.6) is 5.75 Å². The number of allylic oxidation sites excluding steroid dienone is 2. The standard InChI is InChI=1S/C21H15F3N2O3/c1-13(27)5-10-20(29)19-12-18(14-3-2-4-17(28)11-14)25-26(19)16-8-6-15(7-9-16)21(22,23)24/h2-12,28H,1H3/b10-5-. The van der Waals surface area contributed by atoms with E-state index in [-0.39, 0.29) is 22.9 Å². The summed E-state index contributed by atoms with van der Waals surface area (Å²) in [6.07, 6.45) is -2.31. The number of hydrogen-bond acceptors (Lipinski definition) is 4. The lowest BCUT2D eigenvalue weighted by Gasteiger charge is -2.09. The molecule has 0 atom stereocenters. The highest BCUT2D eigenvalue weighted by molar-refractivity contribution is 6.07. The largest absolute Gasteiger partial charge is 0.508 e. The van der Waals surface area contributed by atoms with Gasteiger partial charge in [0.2, 0.25) is 5.78 Å². The number of benzene rings is 2. The zero-order valence-corrected chi connectivity index (χ0v) is 15.1. The lowest BCUT2D eigenvalue weighted by atomic mass is 10.1. The number of alkyl halides is 3. The van der Waals surface area contributed by atoms with Crippen LogP contribution in [0.4, 0.5) is 13.2 Å². The van der Waals surface area contributed by atoms with Gasteiger partial charge < -0.3 is 5.11 Å². The van der Waals surface area contributed by atoms with Gasteiger partial charge in [0.25, 0.3) is 0 Å². The van der Waals surface area contributed by atoms with Crippen molar-refractivity contribution < 1.29 is 27.9 Å². The van der Waals surface area contributed by atoms with Gasteiger partial charge in [0.15, 0.2) is 5.78 Å². The van der Waals surface area contributed by atoms with Gasteiger partial charge in [-0.3, -0.25) is 9.59 Å². The number of carbonyl (C=O) groups excluding carboxylic acids is 2. The molecule has 1 aromatic heterocycles. The van der Waals surface area contributed by atoms with Gasteiger partial charge in [-0.05, 0) is 61.5 Å². The number of aromatic hydroxyl groups is 1. The number of carbonyl (C=O) groups is 2. The van der Waals surface area contributed by atoms with E-state index in [1.165, 1.54) is 41.9 Å². The van der Waals surface area contributed by atoms with E-state index in [0.717, 1.165) is 24.3 Å². The Morgan fingerprint density at radius 3 is 2.31 bits per heavy atom. The molecule has 29 heavy (non-hydrogen) atoms. The topological polar surface area (TPSA) is 72.2 Å². The molecule has 0 radical (unpaired) electrons. The third kappa shape index (κ3) is 4.60. The van der Waals surface area contributed by atoms with E-state index in [4.69, 9.17) is 0 Å². The number of rotatable bonds is 5. The first-order valence-corrected chi connectivity index (χ1v) is 8.45. The second kappa shape index (κ2) is 7.75. The Hall–Kier alpha value is -3.68. The molecule has 3 rings (SSSR count). The molecule has 0 spiro atoms. The Balaban J connectivity index is 2.11. The highest BCUT2D eigenvalue weighted by Crippen LogP contribution is 2.30. The van der Waals surface area contributed by atoms with Gasteiger partial charge in [-0.2, -0.15) is 18.3 Å².